The summed E-state index contributed by atoms with van der Waals surface area (Å²) in [5, 5.41) is 12.0. The van der Waals surface area contributed by atoms with Crippen LogP contribution >= 0.6 is 23.1 Å². The molecule has 0 bridgehead atoms. The Labute approximate surface area is 185 Å². The first-order valence-electron chi connectivity index (χ1n) is 9.85. The molecule has 7 heteroatoms. The minimum Gasteiger partial charge on any atom is -0.336 e. The zero-order chi connectivity index (χ0) is 20.8. The molecule has 0 saturated carbocycles. The molecule has 30 heavy (non-hydrogen) atoms. The lowest BCUT2D eigenvalue weighted by atomic mass is 10.1. The summed E-state index contributed by atoms with van der Waals surface area (Å²) in [5.41, 5.74) is 2.92. The number of nitriles is 1. The lowest BCUT2D eigenvalue weighted by molar-refractivity contribution is 0.0624. The van der Waals surface area contributed by atoms with E-state index in [1.165, 1.54) is 11.8 Å². The summed E-state index contributed by atoms with van der Waals surface area (Å²) in [6, 6.07) is 19.9. The SMILES string of the molecule is N#CCSc1ccccc1C(=O)N1CCN(Cc2csc(-c3ccccc3)n2)CC1. The Balaban J connectivity index is 1.34. The fraction of sp³-hybridized carbons (Fsp3) is 0.261. The molecule has 0 spiro atoms. The summed E-state index contributed by atoms with van der Waals surface area (Å²) < 4.78 is 0. The fourth-order valence-corrected chi connectivity index (χ4v) is 5.00. The lowest BCUT2D eigenvalue weighted by Gasteiger charge is -2.34. The van der Waals surface area contributed by atoms with E-state index in [-0.39, 0.29) is 5.91 Å². The molecule has 1 aliphatic heterocycles. The zero-order valence-electron chi connectivity index (χ0n) is 16.5. The van der Waals surface area contributed by atoms with Crippen LogP contribution in [0.4, 0.5) is 0 Å². The first kappa shape index (κ1) is 20.6. The van der Waals surface area contributed by atoms with E-state index in [4.69, 9.17) is 10.2 Å². The van der Waals surface area contributed by atoms with Crippen LogP contribution < -0.4 is 0 Å². The van der Waals surface area contributed by atoms with Crippen molar-refractivity contribution in [1.82, 2.24) is 14.8 Å². The normalized spacial score (nSPS) is 14.4. The van der Waals surface area contributed by atoms with Crippen molar-refractivity contribution >= 4 is 29.0 Å². The predicted octanol–water partition coefficient (Wildman–Crippen LogP) is 4.38. The molecule has 2 heterocycles. The molecular formula is C23H22N4OS2. The van der Waals surface area contributed by atoms with Crippen LogP contribution in [0, 0.1) is 11.3 Å². The van der Waals surface area contributed by atoms with Crippen molar-refractivity contribution in [3.05, 3.63) is 71.2 Å². The van der Waals surface area contributed by atoms with Gasteiger partial charge in [-0.3, -0.25) is 9.69 Å². The Bertz CT molecular complexity index is 1040. The molecule has 0 radical (unpaired) electrons. The van der Waals surface area contributed by atoms with Gasteiger partial charge < -0.3 is 4.90 Å². The van der Waals surface area contributed by atoms with Gasteiger partial charge in [-0.15, -0.1) is 23.1 Å². The molecule has 1 aliphatic rings. The van der Waals surface area contributed by atoms with E-state index in [1.54, 1.807) is 11.3 Å². The molecule has 0 N–H and O–H groups in total. The van der Waals surface area contributed by atoms with Crippen LogP contribution in [0.3, 0.4) is 0 Å². The topological polar surface area (TPSA) is 60.2 Å². The van der Waals surface area contributed by atoms with E-state index in [9.17, 15) is 4.79 Å². The Morgan fingerprint density at radius 3 is 2.57 bits per heavy atom. The Hall–Kier alpha value is -2.66. The monoisotopic (exact) mass is 434 g/mol. The Morgan fingerprint density at radius 2 is 1.80 bits per heavy atom. The molecule has 1 saturated heterocycles. The predicted molar refractivity (Wildman–Crippen MR) is 122 cm³/mol. The molecule has 1 fully saturated rings. The maximum Gasteiger partial charge on any atom is 0.255 e. The van der Waals surface area contributed by atoms with Gasteiger partial charge in [-0.25, -0.2) is 4.98 Å². The van der Waals surface area contributed by atoms with Crippen LogP contribution in [0.25, 0.3) is 10.6 Å². The molecule has 1 amide bonds. The molecule has 0 aliphatic carbocycles. The van der Waals surface area contributed by atoms with Crippen LogP contribution in [0.1, 0.15) is 16.1 Å². The van der Waals surface area contributed by atoms with Crippen LogP contribution in [-0.4, -0.2) is 52.6 Å². The average Bonchev–Trinajstić information content (AvgIpc) is 3.27. The average molecular weight is 435 g/mol. The maximum atomic E-state index is 13.0. The standard InChI is InChI=1S/C23H22N4OS2/c24-10-15-29-21-9-5-4-8-20(21)23(28)27-13-11-26(12-14-27)16-19-17-30-22(25-19)18-6-2-1-3-7-18/h1-9,17H,11-16H2. The van der Waals surface area contributed by atoms with Gasteiger partial charge in [-0.1, -0.05) is 42.5 Å². The molecule has 4 rings (SSSR count). The highest BCUT2D eigenvalue weighted by Gasteiger charge is 2.24. The highest BCUT2D eigenvalue weighted by Crippen LogP contribution is 2.25. The number of aromatic nitrogens is 1. The van der Waals surface area contributed by atoms with E-state index in [1.807, 2.05) is 47.4 Å². The van der Waals surface area contributed by atoms with Crippen molar-refractivity contribution in [2.45, 2.75) is 11.4 Å². The number of piperazine rings is 1. The minimum absolute atomic E-state index is 0.0516. The largest absolute Gasteiger partial charge is 0.336 e. The zero-order valence-corrected chi connectivity index (χ0v) is 18.2. The fourth-order valence-electron chi connectivity index (χ4n) is 3.48. The van der Waals surface area contributed by atoms with Gasteiger partial charge in [0, 0.05) is 48.6 Å². The van der Waals surface area contributed by atoms with Gasteiger partial charge in [-0.2, -0.15) is 5.26 Å². The van der Waals surface area contributed by atoms with E-state index in [2.05, 4.69) is 28.5 Å². The van der Waals surface area contributed by atoms with Crippen molar-refractivity contribution in [3.63, 3.8) is 0 Å². The smallest absolute Gasteiger partial charge is 0.255 e. The maximum absolute atomic E-state index is 13.0. The summed E-state index contributed by atoms with van der Waals surface area (Å²) in [4.78, 5) is 22.9. The van der Waals surface area contributed by atoms with Gasteiger partial charge in [0.15, 0.2) is 0 Å². The van der Waals surface area contributed by atoms with Gasteiger partial charge >= 0.3 is 0 Å². The second-order valence-corrected chi connectivity index (χ2v) is 8.90. The van der Waals surface area contributed by atoms with Crippen molar-refractivity contribution in [1.29, 1.82) is 5.26 Å². The second-order valence-electron chi connectivity index (χ2n) is 7.02. The highest BCUT2D eigenvalue weighted by atomic mass is 32.2. The van der Waals surface area contributed by atoms with Crippen molar-refractivity contribution < 1.29 is 4.79 Å². The number of rotatable bonds is 6. The summed E-state index contributed by atoms with van der Waals surface area (Å²) >= 11 is 3.09. The highest BCUT2D eigenvalue weighted by molar-refractivity contribution is 7.99. The number of hydrogen-bond acceptors (Lipinski definition) is 6. The van der Waals surface area contributed by atoms with Crippen molar-refractivity contribution in [2.24, 2.45) is 0 Å². The number of thiazole rings is 1. The Kier molecular flexibility index (Phi) is 6.80. The third-order valence-corrected chi connectivity index (χ3v) is 6.91. The number of amides is 1. The lowest BCUT2D eigenvalue weighted by Crippen LogP contribution is -2.48. The number of carbonyl (C=O) groups excluding carboxylic acids is 1. The van der Waals surface area contributed by atoms with Gasteiger partial charge in [0.05, 0.1) is 23.1 Å². The minimum atomic E-state index is 0.0516. The molecule has 152 valence electrons. The van der Waals surface area contributed by atoms with Crippen LogP contribution in [-0.2, 0) is 6.54 Å². The van der Waals surface area contributed by atoms with E-state index < -0.39 is 0 Å². The van der Waals surface area contributed by atoms with Crippen LogP contribution in [0.2, 0.25) is 0 Å². The number of carbonyl (C=O) groups is 1. The van der Waals surface area contributed by atoms with E-state index in [0.29, 0.717) is 24.4 Å². The molecule has 1 aromatic heterocycles. The third kappa shape index (κ3) is 4.90. The summed E-state index contributed by atoms with van der Waals surface area (Å²) in [6.45, 7) is 3.87. The van der Waals surface area contributed by atoms with Gasteiger partial charge in [0.1, 0.15) is 5.01 Å². The van der Waals surface area contributed by atoms with Gasteiger partial charge in [0.25, 0.3) is 5.91 Å². The number of thioether (sulfide) groups is 1. The molecule has 5 nitrogen and oxygen atoms in total. The van der Waals surface area contributed by atoms with Gasteiger partial charge in [-0.05, 0) is 12.1 Å². The van der Waals surface area contributed by atoms with Crippen molar-refractivity contribution in [2.75, 3.05) is 31.9 Å². The first-order chi connectivity index (χ1) is 14.7. The third-order valence-electron chi connectivity index (χ3n) is 5.03. The number of nitrogens with zero attached hydrogens (tertiary/aromatic N) is 4. The van der Waals surface area contributed by atoms with Crippen LogP contribution in [0.5, 0.6) is 0 Å². The van der Waals surface area contributed by atoms with Crippen LogP contribution in [0.15, 0.2) is 64.9 Å². The second kappa shape index (κ2) is 9.90. The van der Waals surface area contributed by atoms with Crippen molar-refractivity contribution in [3.8, 4) is 16.6 Å². The quantitative estimate of drug-likeness (QED) is 0.539. The van der Waals surface area contributed by atoms with Gasteiger partial charge in [0.2, 0.25) is 0 Å². The molecule has 0 atom stereocenters. The first-order valence-corrected chi connectivity index (χ1v) is 11.7. The molecular weight excluding hydrogens is 412 g/mol. The van der Waals surface area contributed by atoms with E-state index in [0.717, 1.165) is 40.8 Å². The van der Waals surface area contributed by atoms with E-state index >= 15 is 0 Å². The molecule has 3 aromatic rings. The molecule has 0 unspecified atom stereocenters. The summed E-state index contributed by atoms with van der Waals surface area (Å²) in [6.07, 6.45) is 0. The summed E-state index contributed by atoms with van der Waals surface area (Å²) in [5.74, 6) is 0.396. The number of hydrogen-bond donors (Lipinski definition) is 0. The Morgan fingerprint density at radius 1 is 1.07 bits per heavy atom. The molecule has 2 aromatic carbocycles. The summed E-state index contributed by atoms with van der Waals surface area (Å²) in [7, 11) is 0. The number of benzene rings is 2.